The third kappa shape index (κ3) is 5.08. The highest BCUT2D eigenvalue weighted by atomic mass is 16.5. The number of nitrogens with zero attached hydrogens (tertiary/aromatic N) is 1. The fourth-order valence-electron chi connectivity index (χ4n) is 2.40. The highest BCUT2D eigenvalue weighted by molar-refractivity contribution is 5.96. The van der Waals surface area contributed by atoms with Gasteiger partial charge < -0.3 is 15.4 Å². The van der Waals surface area contributed by atoms with Crippen molar-refractivity contribution >= 4 is 17.5 Å². The topological polar surface area (TPSA) is 91.2 Å². The van der Waals surface area contributed by atoms with Gasteiger partial charge in [0.05, 0.1) is 18.2 Å². The van der Waals surface area contributed by atoms with Gasteiger partial charge in [-0.05, 0) is 50.1 Å². The molecule has 134 valence electrons. The number of para-hydroxylation sites is 1. The second kappa shape index (κ2) is 8.67. The van der Waals surface area contributed by atoms with Crippen LogP contribution in [0.2, 0.25) is 0 Å². The molecule has 2 aromatic rings. The van der Waals surface area contributed by atoms with Crippen molar-refractivity contribution in [3.05, 3.63) is 59.2 Å². The van der Waals surface area contributed by atoms with E-state index in [1.165, 1.54) is 0 Å². The van der Waals surface area contributed by atoms with Crippen molar-refractivity contribution in [3.8, 4) is 11.8 Å². The molecule has 0 aliphatic carbocycles. The molecule has 6 nitrogen and oxygen atoms in total. The maximum absolute atomic E-state index is 12.1. The predicted molar refractivity (Wildman–Crippen MR) is 98.8 cm³/mol. The first-order valence-corrected chi connectivity index (χ1v) is 8.21. The standard InChI is InChI=1S/C20H21N3O3/c1-13-6-4-7-14(2)19(13)23-18(24)12-22-20(25)15(3)26-17-9-5-8-16(10-17)11-21/h4-10,15H,12H2,1-3H3,(H,22,25)(H,23,24)/t15-/m1/s1. The number of anilines is 1. The van der Waals surface area contributed by atoms with E-state index in [-0.39, 0.29) is 12.5 Å². The molecule has 2 aromatic carbocycles. The number of aryl methyl sites for hydroxylation is 2. The van der Waals surface area contributed by atoms with Crippen molar-refractivity contribution < 1.29 is 14.3 Å². The minimum atomic E-state index is -0.794. The van der Waals surface area contributed by atoms with Crippen LogP contribution in [0.15, 0.2) is 42.5 Å². The quantitative estimate of drug-likeness (QED) is 0.837. The average Bonchev–Trinajstić information content (AvgIpc) is 2.63. The average molecular weight is 351 g/mol. The Bertz CT molecular complexity index is 835. The second-order valence-corrected chi connectivity index (χ2v) is 5.93. The molecule has 6 heteroatoms. The van der Waals surface area contributed by atoms with E-state index in [1.54, 1.807) is 31.2 Å². The molecule has 0 radical (unpaired) electrons. The molecule has 0 aliphatic rings. The van der Waals surface area contributed by atoms with Crippen molar-refractivity contribution in [2.45, 2.75) is 26.9 Å². The van der Waals surface area contributed by atoms with Crippen LogP contribution >= 0.6 is 0 Å². The molecule has 0 unspecified atom stereocenters. The Hall–Kier alpha value is -3.33. The zero-order chi connectivity index (χ0) is 19.1. The molecule has 0 heterocycles. The lowest BCUT2D eigenvalue weighted by molar-refractivity contribution is -0.129. The number of rotatable bonds is 6. The van der Waals surface area contributed by atoms with E-state index in [4.69, 9.17) is 10.00 Å². The van der Waals surface area contributed by atoms with Crippen LogP contribution in [0.3, 0.4) is 0 Å². The van der Waals surface area contributed by atoms with E-state index in [1.807, 2.05) is 38.1 Å². The van der Waals surface area contributed by atoms with Crippen LogP contribution in [-0.4, -0.2) is 24.5 Å². The maximum Gasteiger partial charge on any atom is 0.261 e. The highest BCUT2D eigenvalue weighted by Crippen LogP contribution is 2.19. The number of hydrogen-bond acceptors (Lipinski definition) is 4. The molecule has 0 spiro atoms. The molecule has 2 rings (SSSR count). The Balaban J connectivity index is 1.87. The summed E-state index contributed by atoms with van der Waals surface area (Å²) in [6.07, 6.45) is -0.794. The van der Waals surface area contributed by atoms with Gasteiger partial charge >= 0.3 is 0 Å². The lowest BCUT2D eigenvalue weighted by Gasteiger charge is -2.15. The molecular weight excluding hydrogens is 330 g/mol. The number of ether oxygens (including phenoxy) is 1. The van der Waals surface area contributed by atoms with E-state index in [2.05, 4.69) is 10.6 Å². The summed E-state index contributed by atoms with van der Waals surface area (Å²) in [5.41, 5.74) is 3.12. The molecule has 0 saturated heterocycles. The van der Waals surface area contributed by atoms with Crippen molar-refractivity contribution in [2.24, 2.45) is 0 Å². The van der Waals surface area contributed by atoms with Crippen LogP contribution in [0.25, 0.3) is 0 Å². The van der Waals surface area contributed by atoms with Crippen molar-refractivity contribution in [1.82, 2.24) is 5.32 Å². The first-order chi connectivity index (χ1) is 12.4. The first-order valence-electron chi connectivity index (χ1n) is 8.21. The van der Waals surface area contributed by atoms with E-state index < -0.39 is 12.0 Å². The van der Waals surface area contributed by atoms with Crippen molar-refractivity contribution in [1.29, 1.82) is 5.26 Å². The fraction of sp³-hybridized carbons (Fsp3) is 0.250. The Morgan fingerprint density at radius 2 is 1.81 bits per heavy atom. The maximum atomic E-state index is 12.1. The molecule has 1 atom stereocenters. The minimum Gasteiger partial charge on any atom is -0.481 e. The molecule has 0 saturated carbocycles. The summed E-state index contributed by atoms with van der Waals surface area (Å²) in [7, 11) is 0. The van der Waals surface area contributed by atoms with Gasteiger partial charge in [0.15, 0.2) is 6.10 Å². The summed E-state index contributed by atoms with van der Waals surface area (Å²) < 4.78 is 5.51. The number of nitriles is 1. The smallest absolute Gasteiger partial charge is 0.261 e. The number of nitrogens with one attached hydrogen (secondary N) is 2. The highest BCUT2D eigenvalue weighted by Gasteiger charge is 2.16. The van der Waals surface area contributed by atoms with Gasteiger partial charge in [-0.2, -0.15) is 5.26 Å². The van der Waals surface area contributed by atoms with Crippen LogP contribution in [0.1, 0.15) is 23.6 Å². The Labute approximate surface area is 152 Å². The van der Waals surface area contributed by atoms with Crippen LogP contribution in [0.4, 0.5) is 5.69 Å². The van der Waals surface area contributed by atoms with E-state index in [9.17, 15) is 9.59 Å². The zero-order valence-corrected chi connectivity index (χ0v) is 15.0. The number of amides is 2. The molecule has 2 amide bonds. The van der Waals surface area contributed by atoms with Gasteiger partial charge in [-0.15, -0.1) is 0 Å². The van der Waals surface area contributed by atoms with Gasteiger partial charge in [-0.1, -0.05) is 24.3 Å². The summed E-state index contributed by atoms with van der Waals surface area (Å²) >= 11 is 0. The SMILES string of the molecule is Cc1cccc(C)c1NC(=O)CNC(=O)[C@@H](C)Oc1cccc(C#N)c1. The van der Waals surface area contributed by atoms with Gasteiger partial charge in [0, 0.05) is 5.69 Å². The molecule has 0 bridgehead atoms. The third-order valence-electron chi connectivity index (χ3n) is 3.81. The van der Waals surface area contributed by atoms with Gasteiger partial charge in [0.25, 0.3) is 5.91 Å². The number of carbonyl (C=O) groups is 2. The van der Waals surface area contributed by atoms with E-state index in [0.717, 1.165) is 16.8 Å². The largest absolute Gasteiger partial charge is 0.481 e. The lowest BCUT2D eigenvalue weighted by Crippen LogP contribution is -2.40. The molecular formula is C20H21N3O3. The van der Waals surface area contributed by atoms with Gasteiger partial charge in [-0.3, -0.25) is 9.59 Å². The van der Waals surface area contributed by atoms with E-state index in [0.29, 0.717) is 11.3 Å². The van der Waals surface area contributed by atoms with E-state index >= 15 is 0 Å². The summed E-state index contributed by atoms with van der Waals surface area (Å²) in [6, 6.07) is 14.3. The molecule has 2 N–H and O–H groups in total. The summed E-state index contributed by atoms with van der Waals surface area (Å²) in [5.74, 6) is -0.301. The second-order valence-electron chi connectivity index (χ2n) is 5.93. The van der Waals surface area contributed by atoms with Crippen molar-refractivity contribution in [3.63, 3.8) is 0 Å². The molecule has 0 aliphatic heterocycles. The number of carbonyl (C=O) groups excluding carboxylic acids is 2. The predicted octanol–water partition coefficient (Wildman–Crippen LogP) is 2.70. The third-order valence-corrected chi connectivity index (χ3v) is 3.81. The Kier molecular flexibility index (Phi) is 6.34. The zero-order valence-electron chi connectivity index (χ0n) is 15.0. The normalized spacial score (nSPS) is 11.2. The van der Waals surface area contributed by atoms with Gasteiger partial charge in [-0.25, -0.2) is 0 Å². The van der Waals surface area contributed by atoms with Gasteiger partial charge in [0.1, 0.15) is 5.75 Å². The van der Waals surface area contributed by atoms with Crippen LogP contribution in [-0.2, 0) is 9.59 Å². The van der Waals surface area contributed by atoms with Gasteiger partial charge in [0.2, 0.25) is 5.91 Å². The van der Waals surface area contributed by atoms with Crippen molar-refractivity contribution in [2.75, 3.05) is 11.9 Å². The number of hydrogen-bond donors (Lipinski definition) is 2. The monoisotopic (exact) mass is 351 g/mol. The number of benzene rings is 2. The lowest BCUT2D eigenvalue weighted by atomic mass is 10.1. The Morgan fingerprint density at radius 3 is 2.46 bits per heavy atom. The van der Waals surface area contributed by atoms with Crippen LogP contribution < -0.4 is 15.4 Å². The fourth-order valence-corrected chi connectivity index (χ4v) is 2.40. The minimum absolute atomic E-state index is 0.154. The molecule has 0 aromatic heterocycles. The summed E-state index contributed by atoms with van der Waals surface area (Å²) in [4.78, 5) is 24.2. The molecule has 26 heavy (non-hydrogen) atoms. The first kappa shape index (κ1) is 19.0. The summed E-state index contributed by atoms with van der Waals surface area (Å²) in [6.45, 7) is 5.25. The Morgan fingerprint density at radius 1 is 1.15 bits per heavy atom. The van der Waals surface area contributed by atoms with Crippen LogP contribution in [0.5, 0.6) is 5.75 Å². The molecule has 0 fully saturated rings. The summed E-state index contributed by atoms with van der Waals surface area (Å²) in [5, 5.41) is 14.2. The van der Waals surface area contributed by atoms with Crippen LogP contribution in [0, 0.1) is 25.2 Å².